The van der Waals surface area contributed by atoms with Gasteiger partial charge in [0.25, 0.3) is 0 Å². The molecule has 0 saturated heterocycles. The quantitative estimate of drug-likeness (QED) is 0.122. The van der Waals surface area contributed by atoms with Gasteiger partial charge in [-0.3, -0.25) is 4.57 Å². The molecule has 0 N–H and O–H groups in total. The van der Waals surface area contributed by atoms with E-state index >= 15 is 0 Å². The lowest BCUT2D eigenvalue weighted by molar-refractivity contribution is 0.992. The fourth-order valence-corrected chi connectivity index (χ4v) is 16.6. The fourth-order valence-electron chi connectivity index (χ4n) is 16.6. The minimum atomic E-state index is 0.643. The summed E-state index contributed by atoms with van der Waals surface area (Å²) in [5.74, 6) is 1.35. The summed E-state index contributed by atoms with van der Waals surface area (Å²) >= 11 is 0. The zero-order valence-electron chi connectivity index (χ0n) is 60.8. The van der Waals surface area contributed by atoms with Crippen molar-refractivity contribution >= 4 is 87.2 Å². The Morgan fingerprint density at radius 2 is 0.491 bits per heavy atom. The van der Waals surface area contributed by atoms with Crippen LogP contribution in [0.15, 0.2) is 413 Å². The van der Waals surface area contributed by atoms with Gasteiger partial charge in [0.15, 0.2) is 5.82 Å². The van der Waals surface area contributed by atoms with E-state index in [2.05, 4.69) is 394 Å². The molecule has 0 spiro atoms. The number of fused-ring (bicyclic) bond motifs is 12. The van der Waals surface area contributed by atoms with Gasteiger partial charge in [0, 0.05) is 88.6 Å². The van der Waals surface area contributed by atoms with Gasteiger partial charge in [-0.25, -0.2) is 19.9 Å². The van der Waals surface area contributed by atoms with Gasteiger partial charge in [0.2, 0.25) is 5.95 Å². The van der Waals surface area contributed by atoms with Crippen LogP contribution in [0.5, 0.6) is 0 Å². The van der Waals surface area contributed by atoms with E-state index in [1.165, 1.54) is 93.0 Å². The smallest absolute Gasteiger partial charge is 0.235 e. The van der Waals surface area contributed by atoms with Crippen molar-refractivity contribution in [2.24, 2.45) is 0 Å². The van der Waals surface area contributed by atoms with Crippen molar-refractivity contribution in [3.8, 4) is 113 Å². The first kappa shape index (κ1) is 65.2. The number of rotatable bonds is 12. The molecule has 8 nitrogen and oxygen atoms in total. The normalized spacial score (nSPS) is 11.6. The molecule has 0 aliphatic heterocycles. The van der Waals surface area contributed by atoms with E-state index in [0.717, 1.165) is 95.2 Å². The first-order chi connectivity index (χ1) is 55.5. The van der Waals surface area contributed by atoms with Crippen LogP contribution in [-0.4, -0.2) is 38.2 Å². The van der Waals surface area contributed by atoms with Gasteiger partial charge in [0.05, 0.1) is 61.2 Å². The van der Waals surface area contributed by atoms with Crippen LogP contribution in [0.4, 0.5) is 0 Å². The molecule has 0 atom stereocenters. The van der Waals surface area contributed by atoms with Crippen LogP contribution in [0.3, 0.4) is 0 Å². The summed E-state index contributed by atoms with van der Waals surface area (Å²) in [5.41, 5.74) is 28.9. The standard InChI is InChI=1S/2C52H34N4/c1-4-15-35(16-5-1)46-34-47(54-52(53-46)36-17-6-2-7-18-36)39-19-14-22-41(31-39)56-49-26-13-11-24-43(49)45-33-38(28-30-51(45)56)37-27-29-50-44(32-37)42-23-10-12-25-48(42)55(50)40-20-8-3-9-21-40;1-3-12-35(13-4-1)36-22-24-37(25-23-36)38-14-11-15-41(32-38)47-30-31-53-52(54-47)56-49-21-10-7-18-43(49)45-28-26-40(34-51(45)56)39-27-29-50-46(33-39)44-19-8-9-20-48(44)55(50)42-16-5-2-6-17-42/h2*1-34H. The van der Waals surface area contributed by atoms with Gasteiger partial charge >= 0.3 is 0 Å². The highest BCUT2D eigenvalue weighted by Crippen LogP contribution is 2.43. The van der Waals surface area contributed by atoms with Gasteiger partial charge in [-0.15, -0.1) is 0 Å². The maximum absolute atomic E-state index is 5.23. The highest BCUT2D eigenvalue weighted by Gasteiger charge is 2.22. The molecule has 22 rings (SSSR count). The number of para-hydroxylation sites is 6. The van der Waals surface area contributed by atoms with Crippen LogP contribution in [-0.2, 0) is 0 Å². The molecule has 6 aromatic heterocycles. The number of hydrogen-bond acceptors (Lipinski definition) is 4. The van der Waals surface area contributed by atoms with Crippen molar-refractivity contribution in [2.45, 2.75) is 0 Å². The Bertz CT molecular complexity index is 7290. The number of benzene rings is 16. The van der Waals surface area contributed by atoms with E-state index in [1.807, 2.05) is 36.5 Å². The third-order valence-electron chi connectivity index (χ3n) is 21.9. The average molecular weight is 1430 g/mol. The summed E-state index contributed by atoms with van der Waals surface area (Å²) in [7, 11) is 0. The van der Waals surface area contributed by atoms with Crippen LogP contribution in [0, 0.1) is 0 Å². The van der Waals surface area contributed by atoms with Gasteiger partial charge in [-0.05, 0) is 166 Å². The molecule has 0 aliphatic rings. The van der Waals surface area contributed by atoms with Crippen LogP contribution in [0.1, 0.15) is 0 Å². The topological polar surface area (TPSA) is 71.3 Å². The maximum Gasteiger partial charge on any atom is 0.235 e. The molecule has 22 aromatic rings. The van der Waals surface area contributed by atoms with Crippen molar-refractivity contribution < 1.29 is 0 Å². The van der Waals surface area contributed by atoms with Crippen LogP contribution >= 0.6 is 0 Å². The Kier molecular flexibility index (Phi) is 16.1. The van der Waals surface area contributed by atoms with E-state index < -0.39 is 0 Å². The highest BCUT2D eigenvalue weighted by atomic mass is 15.2. The van der Waals surface area contributed by atoms with Crippen molar-refractivity contribution in [2.75, 3.05) is 0 Å². The van der Waals surface area contributed by atoms with E-state index in [4.69, 9.17) is 19.9 Å². The molecule has 8 heteroatoms. The third kappa shape index (κ3) is 11.6. The number of hydrogen-bond donors (Lipinski definition) is 0. The molecule has 6 heterocycles. The summed E-state index contributed by atoms with van der Waals surface area (Å²) in [5, 5.41) is 9.74. The Balaban J connectivity index is 0.000000141. The summed E-state index contributed by atoms with van der Waals surface area (Å²) in [6.45, 7) is 0. The van der Waals surface area contributed by atoms with Crippen LogP contribution in [0.25, 0.3) is 200 Å². The minimum Gasteiger partial charge on any atom is -0.309 e. The summed E-state index contributed by atoms with van der Waals surface area (Å²) in [4.78, 5) is 20.3. The second-order valence-electron chi connectivity index (χ2n) is 28.5. The monoisotopic (exact) mass is 1430 g/mol. The van der Waals surface area contributed by atoms with Gasteiger partial charge < -0.3 is 13.7 Å². The van der Waals surface area contributed by atoms with Gasteiger partial charge in [0.1, 0.15) is 0 Å². The van der Waals surface area contributed by atoms with E-state index in [9.17, 15) is 0 Å². The average Bonchev–Trinajstić information content (AvgIpc) is 1.59. The SMILES string of the molecule is c1ccc(-c2cc(-c3cccc(-n4c5ccccc5c5cc(-c6ccc7c(c6)c6ccccc6n7-c6ccccc6)ccc54)c3)nc(-c3ccccc3)n2)cc1.c1ccc(-c2ccc(-c3cccc(-c4ccnc(-n5c6ccccc6c6ccc(-c7ccc8c(c7)c7ccccc7n8-c7ccccc7)cc65)n4)c3)cc2)cc1. The zero-order chi connectivity index (χ0) is 74.0. The Labute approximate surface area is 646 Å². The lowest BCUT2D eigenvalue weighted by atomic mass is 9.98. The molecule has 0 amide bonds. The second-order valence-corrected chi connectivity index (χ2v) is 28.5. The molecule has 16 aromatic carbocycles. The Hall–Kier alpha value is -15.1. The molecular weight excluding hydrogens is 1360 g/mol. The van der Waals surface area contributed by atoms with Gasteiger partial charge in [-0.1, -0.05) is 285 Å². The first-order valence-corrected chi connectivity index (χ1v) is 38.0. The molecule has 0 bridgehead atoms. The predicted molar refractivity (Wildman–Crippen MR) is 465 cm³/mol. The molecule has 112 heavy (non-hydrogen) atoms. The second kappa shape index (κ2) is 27.6. The third-order valence-corrected chi connectivity index (χ3v) is 21.9. The van der Waals surface area contributed by atoms with Crippen molar-refractivity contribution in [1.82, 2.24) is 38.2 Å². The van der Waals surface area contributed by atoms with Crippen molar-refractivity contribution in [3.63, 3.8) is 0 Å². The molecular formula is C104H68N8. The summed E-state index contributed by atoms with van der Waals surface area (Å²) in [6.07, 6.45) is 1.87. The minimum absolute atomic E-state index is 0.643. The molecule has 0 unspecified atom stereocenters. The number of aromatic nitrogens is 8. The molecule has 0 radical (unpaired) electrons. The van der Waals surface area contributed by atoms with Crippen molar-refractivity contribution in [1.29, 1.82) is 0 Å². The lowest BCUT2D eigenvalue weighted by Gasteiger charge is -2.12. The maximum atomic E-state index is 5.23. The molecule has 0 saturated carbocycles. The first-order valence-electron chi connectivity index (χ1n) is 38.0. The zero-order valence-corrected chi connectivity index (χ0v) is 60.8. The fraction of sp³-hybridized carbons (Fsp3) is 0. The Morgan fingerprint density at radius 3 is 1.02 bits per heavy atom. The Morgan fingerprint density at radius 1 is 0.161 bits per heavy atom. The summed E-state index contributed by atoms with van der Waals surface area (Å²) in [6, 6.07) is 145. The van der Waals surface area contributed by atoms with E-state index in [0.29, 0.717) is 11.8 Å². The molecule has 0 fully saturated rings. The molecule has 524 valence electrons. The van der Waals surface area contributed by atoms with Gasteiger partial charge in [-0.2, -0.15) is 0 Å². The number of nitrogens with zero attached hydrogens (tertiary/aromatic N) is 8. The van der Waals surface area contributed by atoms with Crippen LogP contribution in [0.2, 0.25) is 0 Å². The largest absolute Gasteiger partial charge is 0.309 e. The molecule has 0 aliphatic carbocycles. The lowest BCUT2D eigenvalue weighted by Crippen LogP contribution is -2.01. The van der Waals surface area contributed by atoms with E-state index in [-0.39, 0.29) is 0 Å². The predicted octanol–water partition coefficient (Wildman–Crippen LogP) is 26.7. The van der Waals surface area contributed by atoms with Crippen LogP contribution < -0.4 is 0 Å². The summed E-state index contributed by atoms with van der Waals surface area (Å²) < 4.78 is 9.32. The van der Waals surface area contributed by atoms with E-state index in [1.54, 1.807) is 0 Å². The van der Waals surface area contributed by atoms with Crippen molar-refractivity contribution in [3.05, 3.63) is 413 Å². The highest BCUT2D eigenvalue weighted by molar-refractivity contribution is 6.15.